The molecule has 0 fully saturated rings. The van der Waals surface area contributed by atoms with Gasteiger partial charge in [-0.3, -0.25) is 4.98 Å². The molecule has 9 aromatic rings. The zero-order chi connectivity index (χ0) is 30.5. The Kier molecular flexibility index (Phi) is 6.06. The van der Waals surface area contributed by atoms with Crippen LogP contribution >= 0.6 is 0 Å². The van der Waals surface area contributed by atoms with E-state index in [2.05, 4.69) is 78.9 Å². The number of rotatable bonds is 4. The average molecular weight is 588 g/mol. The first-order valence-electron chi connectivity index (χ1n) is 15.3. The van der Waals surface area contributed by atoms with Crippen molar-refractivity contribution in [3.8, 4) is 45.3 Å². The Bertz CT molecular complexity index is 2510. The van der Waals surface area contributed by atoms with E-state index < -0.39 is 0 Å². The lowest BCUT2D eigenvalue weighted by Crippen LogP contribution is -2.00. The highest BCUT2D eigenvalue weighted by molar-refractivity contribution is 6.15. The monoisotopic (exact) mass is 587 g/mol. The lowest BCUT2D eigenvalue weighted by Gasteiger charge is -2.12. The van der Waals surface area contributed by atoms with Gasteiger partial charge in [0.2, 0.25) is 0 Å². The molecule has 0 radical (unpaired) electrons. The van der Waals surface area contributed by atoms with Crippen molar-refractivity contribution in [2.75, 3.05) is 0 Å². The van der Waals surface area contributed by atoms with Crippen molar-refractivity contribution in [3.63, 3.8) is 0 Å². The van der Waals surface area contributed by atoms with Gasteiger partial charge in [0.15, 0.2) is 17.5 Å². The molecule has 0 amide bonds. The highest BCUT2D eigenvalue weighted by atomic mass is 15.0. The Labute approximate surface area is 264 Å². The molecule has 0 N–H and O–H groups in total. The molecule has 214 valence electrons. The minimum Gasteiger partial charge on any atom is -0.254 e. The second-order valence-corrected chi connectivity index (χ2v) is 11.4. The molecule has 0 atom stereocenters. The number of hydrogen-bond acceptors (Lipinski definition) is 5. The van der Waals surface area contributed by atoms with Crippen molar-refractivity contribution in [1.29, 1.82) is 0 Å². The first-order chi connectivity index (χ1) is 22.8. The van der Waals surface area contributed by atoms with Gasteiger partial charge in [-0.25, -0.2) is 19.9 Å². The maximum absolute atomic E-state index is 5.20. The van der Waals surface area contributed by atoms with Gasteiger partial charge in [0.25, 0.3) is 0 Å². The molecule has 0 unspecified atom stereocenters. The van der Waals surface area contributed by atoms with Crippen molar-refractivity contribution in [2.45, 2.75) is 0 Å². The fourth-order valence-corrected chi connectivity index (χ4v) is 6.25. The van der Waals surface area contributed by atoms with Crippen molar-refractivity contribution in [2.24, 2.45) is 0 Å². The lowest BCUT2D eigenvalue weighted by molar-refractivity contribution is 1.07. The molecule has 0 aliphatic heterocycles. The van der Waals surface area contributed by atoms with Crippen molar-refractivity contribution in [1.82, 2.24) is 24.9 Å². The van der Waals surface area contributed by atoms with E-state index in [-0.39, 0.29) is 0 Å². The van der Waals surface area contributed by atoms with E-state index in [9.17, 15) is 0 Å². The molecule has 5 heteroatoms. The first-order valence-corrected chi connectivity index (χ1v) is 15.3. The first kappa shape index (κ1) is 26.1. The largest absolute Gasteiger partial charge is 0.254 e. The molecule has 5 nitrogen and oxygen atoms in total. The highest BCUT2D eigenvalue weighted by Gasteiger charge is 2.15. The van der Waals surface area contributed by atoms with Gasteiger partial charge in [0.1, 0.15) is 0 Å². The summed E-state index contributed by atoms with van der Waals surface area (Å²) in [6, 6.07) is 49.8. The van der Waals surface area contributed by atoms with Gasteiger partial charge in [-0.15, -0.1) is 0 Å². The van der Waals surface area contributed by atoms with E-state index >= 15 is 0 Å². The SMILES string of the molecule is c1ccc(-c2nc(-c3ccccc3)nc(-c3ccc(-c4cc5cc6ccc7ccccc7c6nc5c5ncccc45)cc3)n2)cc1. The summed E-state index contributed by atoms with van der Waals surface area (Å²) in [5, 5.41) is 5.56. The summed E-state index contributed by atoms with van der Waals surface area (Å²) >= 11 is 0. The van der Waals surface area contributed by atoms with E-state index in [0.29, 0.717) is 17.5 Å². The molecule has 0 aliphatic rings. The molecular formula is C41H25N5. The maximum Gasteiger partial charge on any atom is 0.164 e. The Morgan fingerprint density at radius 3 is 1.59 bits per heavy atom. The summed E-state index contributed by atoms with van der Waals surface area (Å²) in [4.78, 5) is 24.7. The van der Waals surface area contributed by atoms with Gasteiger partial charge in [-0.1, -0.05) is 127 Å². The molecule has 3 heterocycles. The summed E-state index contributed by atoms with van der Waals surface area (Å²) in [6.07, 6.45) is 1.85. The van der Waals surface area contributed by atoms with Crippen LogP contribution in [0.4, 0.5) is 0 Å². The van der Waals surface area contributed by atoms with Gasteiger partial charge >= 0.3 is 0 Å². The Morgan fingerprint density at radius 1 is 0.326 bits per heavy atom. The molecular weight excluding hydrogens is 562 g/mol. The smallest absolute Gasteiger partial charge is 0.164 e. The second-order valence-electron chi connectivity index (χ2n) is 11.4. The predicted molar refractivity (Wildman–Crippen MR) is 187 cm³/mol. The van der Waals surface area contributed by atoms with Crippen LogP contribution in [0.5, 0.6) is 0 Å². The van der Waals surface area contributed by atoms with E-state index in [4.69, 9.17) is 24.9 Å². The predicted octanol–water partition coefficient (Wildman–Crippen LogP) is 9.94. The fourth-order valence-electron chi connectivity index (χ4n) is 6.25. The summed E-state index contributed by atoms with van der Waals surface area (Å²) in [6.45, 7) is 0. The molecule has 0 spiro atoms. The van der Waals surface area contributed by atoms with Gasteiger partial charge in [0, 0.05) is 44.4 Å². The van der Waals surface area contributed by atoms with Crippen LogP contribution in [0.3, 0.4) is 0 Å². The van der Waals surface area contributed by atoms with Crippen molar-refractivity contribution >= 4 is 43.5 Å². The Hall–Kier alpha value is -6.33. The van der Waals surface area contributed by atoms with Crippen LogP contribution in [0.2, 0.25) is 0 Å². The number of pyridine rings is 2. The number of fused-ring (bicyclic) bond motifs is 6. The summed E-state index contributed by atoms with van der Waals surface area (Å²) in [7, 11) is 0. The van der Waals surface area contributed by atoms with E-state index in [1.807, 2.05) is 72.9 Å². The van der Waals surface area contributed by atoms with Crippen LogP contribution in [0.15, 0.2) is 152 Å². The van der Waals surface area contributed by atoms with Gasteiger partial charge < -0.3 is 0 Å². The van der Waals surface area contributed by atoms with Crippen molar-refractivity contribution < 1.29 is 0 Å². The second kappa shape index (κ2) is 10.7. The molecule has 9 rings (SSSR count). The van der Waals surface area contributed by atoms with Crippen LogP contribution in [-0.2, 0) is 0 Å². The standard InChI is InChI=1S/C41H25N5/c1-3-11-28(12-4-1)39-44-40(29-13-5-2-6-14-29)46-41(45-39)30-20-17-27(18-21-30)35-25-32-24-31-22-19-26-10-7-8-15-33(26)36(31)43-37(32)38-34(35)16-9-23-42-38/h1-25H. The van der Waals surface area contributed by atoms with Crippen LogP contribution < -0.4 is 0 Å². The molecule has 0 aliphatic carbocycles. The normalized spacial score (nSPS) is 11.5. The number of aromatic nitrogens is 5. The third-order valence-electron chi connectivity index (χ3n) is 8.52. The zero-order valence-corrected chi connectivity index (χ0v) is 24.7. The van der Waals surface area contributed by atoms with E-state index in [1.165, 1.54) is 5.39 Å². The summed E-state index contributed by atoms with van der Waals surface area (Å²) < 4.78 is 0. The van der Waals surface area contributed by atoms with E-state index in [0.717, 1.165) is 65.9 Å². The van der Waals surface area contributed by atoms with E-state index in [1.54, 1.807) is 0 Å². The van der Waals surface area contributed by atoms with Crippen LogP contribution in [0, 0.1) is 0 Å². The van der Waals surface area contributed by atoms with Crippen LogP contribution in [-0.4, -0.2) is 24.9 Å². The third-order valence-corrected chi connectivity index (χ3v) is 8.52. The van der Waals surface area contributed by atoms with Gasteiger partial charge in [-0.05, 0) is 34.7 Å². The molecule has 46 heavy (non-hydrogen) atoms. The number of benzene rings is 6. The molecule has 3 aromatic heterocycles. The highest BCUT2D eigenvalue weighted by Crippen LogP contribution is 2.36. The quantitative estimate of drug-likeness (QED) is 0.151. The van der Waals surface area contributed by atoms with Crippen LogP contribution in [0.25, 0.3) is 88.8 Å². The minimum atomic E-state index is 0.632. The third kappa shape index (κ3) is 4.45. The minimum absolute atomic E-state index is 0.632. The molecule has 0 saturated carbocycles. The van der Waals surface area contributed by atoms with Gasteiger partial charge in [-0.2, -0.15) is 0 Å². The number of nitrogens with zero attached hydrogens (tertiary/aromatic N) is 5. The maximum atomic E-state index is 5.20. The number of hydrogen-bond donors (Lipinski definition) is 0. The summed E-state index contributed by atoms with van der Waals surface area (Å²) in [5.41, 5.74) is 7.81. The van der Waals surface area contributed by atoms with Gasteiger partial charge in [0.05, 0.1) is 16.6 Å². The summed E-state index contributed by atoms with van der Waals surface area (Å²) in [5.74, 6) is 1.92. The molecule has 0 saturated heterocycles. The zero-order valence-electron chi connectivity index (χ0n) is 24.7. The molecule has 0 bridgehead atoms. The Morgan fingerprint density at radius 2 is 0.891 bits per heavy atom. The molecule has 6 aromatic carbocycles. The fraction of sp³-hybridized carbons (Fsp3) is 0. The lowest BCUT2D eigenvalue weighted by atomic mass is 9.96. The topological polar surface area (TPSA) is 64.5 Å². The Balaban J connectivity index is 1.18. The van der Waals surface area contributed by atoms with Crippen LogP contribution in [0.1, 0.15) is 0 Å². The van der Waals surface area contributed by atoms with Crippen molar-refractivity contribution in [3.05, 3.63) is 152 Å². The average Bonchev–Trinajstić information content (AvgIpc) is 3.14.